The maximum Gasteiger partial charge on any atom is 0.201 e. The second-order valence-corrected chi connectivity index (χ2v) is 6.31. The molecule has 0 amide bonds. The van der Waals surface area contributed by atoms with Crippen molar-refractivity contribution in [2.45, 2.75) is 0 Å². The molecule has 0 bridgehead atoms. The van der Waals surface area contributed by atoms with Crippen LogP contribution in [0.3, 0.4) is 0 Å². The van der Waals surface area contributed by atoms with Crippen molar-refractivity contribution in [1.82, 2.24) is 0 Å². The minimum Gasteiger partial charge on any atom is -0.504 e. The van der Waals surface area contributed by atoms with E-state index in [1.54, 1.807) is 54.6 Å². The van der Waals surface area contributed by atoms with Crippen molar-refractivity contribution in [2.24, 2.45) is 0 Å². The topological polar surface area (TPSA) is 229 Å². The molecule has 4 rings (SSSR count). The molecule has 12 nitrogen and oxygen atoms in total. The fourth-order valence-electron chi connectivity index (χ4n) is 2.74. The second kappa shape index (κ2) is 13.8. The van der Waals surface area contributed by atoms with E-state index in [-0.39, 0.29) is 17.1 Å². The van der Waals surface area contributed by atoms with Gasteiger partial charge in [0.15, 0.2) is 28.8 Å². The van der Waals surface area contributed by atoms with Gasteiger partial charge in [-0.3, -0.25) is 24.2 Å². The number of rotatable bonds is 2. The van der Waals surface area contributed by atoms with Gasteiger partial charge in [0.05, 0.1) is 5.56 Å². The van der Waals surface area contributed by atoms with Gasteiger partial charge in [-0.25, -0.2) is 0 Å². The monoisotopic (exact) mass is 472 g/mol. The molecular weight excluding hydrogens is 456 g/mol. The van der Waals surface area contributed by atoms with Crippen LogP contribution < -0.4 is 0 Å². The van der Waals surface area contributed by atoms with Gasteiger partial charge in [-0.2, -0.15) is 0 Å². The predicted molar refractivity (Wildman–Crippen MR) is 126 cm³/mol. The number of phenolic OH excluding ortho intramolecular Hbond substituents is 3. The fraction of sp³-hybridized carbons (Fsp3) is 0. The van der Waals surface area contributed by atoms with Crippen LogP contribution >= 0.6 is 0 Å². The molecular formula is C23H16N6O6-2. The summed E-state index contributed by atoms with van der Waals surface area (Å²) in [6, 6.07) is 17.6. The zero-order valence-electron chi connectivity index (χ0n) is 17.8. The average molecular weight is 472 g/mol. The van der Waals surface area contributed by atoms with Crippen LogP contribution in [0, 0.1) is 0 Å². The van der Waals surface area contributed by atoms with Crippen molar-refractivity contribution in [3.63, 3.8) is 0 Å². The Labute approximate surface area is 197 Å². The molecule has 3 aromatic carbocycles. The van der Waals surface area contributed by atoms with Crippen LogP contribution in [0.2, 0.25) is 0 Å². The van der Waals surface area contributed by atoms with Gasteiger partial charge in [0.1, 0.15) is 0 Å². The number of hydrogen-bond donors (Lipinski definition) is 3. The lowest BCUT2D eigenvalue weighted by Gasteiger charge is -2.06. The van der Waals surface area contributed by atoms with Gasteiger partial charge in [-0.1, -0.05) is 54.6 Å². The highest BCUT2D eigenvalue weighted by Gasteiger charge is 2.18. The third kappa shape index (κ3) is 7.51. The van der Waals surface area contributed by atoms with E-state index >= 15 is 0 Å². The third-order valence-electron chi connectivity index (χ3n) is 4.25. The first-order valence-electron chi connectivity index (χ1n) is 9.39. The molecule has 0 fully saturated rings. The molecule has 0 saturated carbocycles. The highest BCUT2D eigenvalue weighted by molar-refractivity contribution is 6.21. The van der Waals surface area contributed by atoms with Crippen LogP contribution in [0.1, 0.15) is 36.6 Å². The summed E-state index contributed by atoms with van der Waals surface area (Å²) >= 11 is 0. The lowest BCUT2D eigenvalue weighted by Crippen LogP contribution is -2.10. The Morgan fingerprint density at radius 3 is 1.51 bits per heavy atom. The number of carbonyl (C=O) groups excluding carboxylic acids is 3. The van der Waals surface area contributed by atoms with Gasteiger partial charge in [0.25, 0.3) is 0 Å². The van der Waals surface area contributed by atoms with E-state index < -0.39 is 23.0 Å². The summed E-state index contributed by atoms with van der Waals surface area (Å²) in [5, 5.41) is 28.1. The zero-order valence-corrected chi connectivity index (χ0v) is 17.8. The SMILES string of the molecule is O=C(c1ccccc1)c1ccc(O)c(O)c1O.O=C1C=CC(=O)c2ccccc21.[N-]=[N+]=[N-].[N-]=[N+]=[N-]. The van der Waals surface area contributed by atoms with Crippen LogP contribution in [0.5, 0.6) is 17.2 Å². The van der Waals surface area contributed by atoms with E-state index in [0.717, 1.165) is 6.07 Å². The Bertz CT molecular complexity index is 1280. The Hall–Kier alpha value is -5.57. The first-order valence-corrected chi connectivity index (χ1v) is 9.39. The molecule has 0 heterocycles. The Balaban J connectivity index is 0.000000296. The van der Waals surface area contributed by atoms with Crippen molar-refractivity contribution in [1.29, 1.82) is 0 Å². The van der Waals surface area contributed by atoms with E-state index in [1.165, 1.54) is 28.0 Å². The summed E-state index contributed by atoms with van der Waals surface area (Å²) < 4.78 is 0. The molecule has 3 N–H and O–H groups in total. The van der Waals surface area contributed by atoms with E-state index in [0.29, 0.717) is 16.7 Å². The number of ketones is 3. The molecule has 0 aromatic heterocycles. The first kappa shape index (κ1) is 27.5. The number of allylic oxidation sites excluding steroid dienone is 2. The minimum absolute atomic E-state index is 0.0495. The van der Waals surface area contributed by atoms with Crippen molar-refractivity contribution >= 4 is 17.3 Å². The fourth-order valence-corrected chi connectivity index (χ4v) is 2.74. The number of fused-ring (bicyclic) bond motifs is 1. The normalized spacial score (nSPS) is 10.4. The van der Waals surface area contributed by atoms with Gasteiger partial charge < -0.3 is 37.4 Å². The molecule has 0 spiro atoms. The summed E-state index contributed by atoms with van der Waals surface area (Å²) in [6.45, 7) is 0. The highest BCUT2D eigenvalue weighted by atomic mass is 16.3. The maximum atomic E-state index is 12.0. The number of carbonyl (C=O) groups is 3. The molecule has 0 saturated heterocycles. The van der Waals surface area contributed by atoms with Crippen LogP contribution in [-0.2, 0) is 0 Å². The van der Waals surface area contributed by atoms with Crippen LogP contribution in [0.15, 0.2) is 78.9 Å². The quantitative estimate of drug-likeness (QED) is 0.145. The Morgan fingerprint density at radius 2 is 1.06 bits per heavy atom. The van der Waals surface area contributed by atoms with Gasteiger partial charge in [-0.15, -0.1) is 0 Å². The predicted octanol–water partition coefficient (Wildman–Crippen LogP) is 5.39. The second-order valence-electron chi connectivity index (χ2n) is 6.31. The Kier molecular flexibility index (Phi) is 10.8. The van der Waals surface area contributed by atoms with Crippen LogP contribution in [0.25, 0.3) is 31.9 Å². The number of nitrogens with zero attached hydrogens (tertiary/aromatic N) is 6. The lowest BCUT2D eigenvalue weighted by molar-refractivity contribution is 0.0994. The van der Waals surface area contributed by atoms with Gasteiger partial charge >= 0.3 is 0 Å². The van der Waals surface area contributed by atoms with Crippen molar-refractivity contribution < 1.29 is 29.7 Å². The molecule has 176 valence electrons. The van der Waals surface area contributed by atoms with Gasteiger partial charge in [0.2, 0.25) is 5.75 Å². The van der Waals surface area contributed by atoms with Crippen LogP contribution in [0.4, 0.5) is 0 Å². The summed E-state index contributed by atoms with van der Waals surface area (Å²) in [6.07, 6.45) is 2.62. The molecule has 0 aliphatic heterocycles. The standard InChI is InChI=1S/C13H10O4.C10H6O2.2N3/c14-10-7-6-9(12(16)13(10)17)11(15)8-4-2-1-3-5-8;11-9-5-6-10(12)8-4-2-1-3-7(8)9;2*1-3-2/h1-7,14,16-17H;1-6H;;/q;;2*-1. The van der Waals surface area contributed by atoms with E-state index in [1.807, 2.05) is 0 Å². The number of aromatic hydroxyl groups is 3. The van der Waals surface area contributed by atoms with E-state index in [2.05, 4.69) is 0 Å². The molecule has 12 heteroatoms. The Morgan fingerprint density at radius 1 is 0.629 bits per heavy atom. The van der Waals surface area contributed by atoms with E-state index in [4.69, 9.17) is 27.2 Å². The largest absolute Gasteiger partial charge is 0.504 e. The van der Waals surface area contributed by atoms with Gasteiger partial charge in [0, 0.05) is 16.7 Å². The van der Waals surface area contributed by atoms with Crippen LogP contribution in [-0.4, -0.2) is 32.7 Å². The molecule has 1 aliphatic carbocycles. The molecule has 35 heavy (non-hydrogen) atoms. The summed E-state index contributed by atoms with van der Waals surface area (Å²) in [4.78, 5) is 37.4. The average Bonchev–Trinajstić information content (AvgIpc) is 2.87. The number of phenols is 3. The molecule has 1 aliphatic rings. The molecule has 0 atom stereocenters. The number of benzene rings is 3. The summed E-state index contributed by atoms with van der Waals surface area (Å²) in [5.41, 5.74) is 28.4. The highest BCUT2D eigenvalue weighted by Crippen LogP contribution is 2.37. The third-order valence-corrected chi connectivity index (χ3v) is 4.25. The van der Waals surface area contributed by atoms with E-state index in [9.17, 15) is 24.6 Å². The van der Waals surface area contributed by atoms with Crippen molar-refractivity contribution in [2.75, 3.05) is 0 Å². The molecule has 0 unspecified atom stereocenters. The summed E-state index contributed by atoms with van der Waals surface area (Å²) in [5.74, 6) is -2.37. The summed E-state index contributed by atoms with van der Waals surface area (Å²) in [7, 11) is 0. The van der Waals surface area contributed by atoms with Crippen molar-refractivity contribution in [3.8, 4) is 17.2 Å². The smallest absolute Gasteiger partial charge is 0.201 e. The van der Waals surface area contributed by atoms with Crippen molar-refractivity contribution in [3.05, 3.63) is 133 Å². The lowest BCUT2D eigenvalue weighted by atomic mass is 9.95. The number of hydrogen-bond acceptors (Lipinski definition) is 6. The first-order chi connectivity index (χ1) is 16.7. The molecule has 0 radical (unpaired) electrons. The van der Waals surface area contributed by atoms with Gasteiger partial charge in [-0.05, 0) is 24.3 Å². The molecule has 3 aromatic rings. The maximum absolute atomic E-state index is 12.0. The zero-order chi connectivity index (χ0) is 26.4. The minimum atomic E-state index is -0.688.